The Morgan fingerprint density at radius 2 is 1.66 bits per heavy atom. The Kier molecular flexibility index (Phi) is 8.15. The van der Waals surface area contributed by atoms with Gasteiger partial charge in [-0.15, -0.1) is 11.8 Å². The van der Waals surface area contributed by atoms with E-state index in [9.17, 15) is 18.0 Å². The summed E-state index contributed by atoms with van der Waals surface area (Å²) in [5.41, 5.74) is 2.63. The van der Waals surface area contributed by atoms with E-state index in [0.29, 0.717) is 23.6 Å². The van der Waals surface area contributed by atoms with Gasteiger partial charge in [-0.2, -0.15) is 13.2 Å². The molecule has 8 heteroatoms. The molecule has 1 aromatic heterocycles. The molecule has 3 rings (SSSR count). The maximum Gasteiger partial charge on any atom is 0.416 e. The Labute approximate surface area is 207 Å². The highest BCUT2D eigenvalue weighted by Crippen LogP contribution is 2.31. The number of carbonyl (C=O) groups is 1. The van der Waals surface area contributed by atoms with Gasteiger partial charge in [-0.3, -0.25) is 9.78 Å². The lowest BCUT2D eigenvalue weighted by molar-refractivity contribution is -0.151. The van der Waals surface area contributed by atoms with Crippen LogP contribution in [0.5, 0.6) is 5.75 Å². The maximum atomic E-state index is 12.8. The number of aryl methyl sites for hydroxylation is 2. The van der Waals surface area contributed by atoms with Crippen LogP contribution >= 0.6 is 11.8 Å². The van der Waals surface area contributed by atoms with E-state index in [1.54, 1.807) is 6.07 Å². The fraction of sp³-hybridized carbons (Fsp3) is 0.333. The minimum Gasteiger partial charge on any atom is -0.489 e. The summed E-state index contributed by atoms with van der Waals surface area (Å²) in [6.45, 7) is 9.62. The van der Waals surface area contributed by atoms with Crippen LogP contribution in [0, 0.1) is 13.8 Å². The lowest BCUT2D eigenvalue weighted by Crippen LogP contribution is -2.24. The molecule has 0 N–H and O–H groups in total. The number of alkyl halides is 3. The molecule has 0 unspecified atom stereocenters. The highest BCUT2D eigenvalue weighted by molar-refractivity contribution is 8.00. The number of esters is 1. The second-order valence-electron chi connectivity index (χ2n) is 9.11. The molecule has 0 aliphatic carbocycles. The highest BCUT2D eigenvalue weighted by Gasteiger charge is 2.30. The average Bonchev–Trinajstić information content (AvgIpc) is 2.76. The van der Waals surface area contributed by atoms with Gasteiger partial charge in [0, 0.05) is 21.7 Å². The minimum absolute atomic E-state index is 0.231. The maximum absolute atomic E-state index is 12.8. The summed E-state index contributed by atoms with van der Waals surface area (Å²) in [5.74, 6) is 0.661. The van der Waals surface area contributed by atoms with Crippen molar-refractivity contribution >= 4 is 17.7 Å². The predicted molar refractivity (Wildman–Crippen MR) is 131 cm³/mol. The predicted octanol–water partition coefficient (Wildman–Crippen LogP) is 7.40. The van der Waals surface area contributed by atoms with Gasteiger partial charge >= 0.3 is 12.1 Å². The van der Waals surface area contributed by atoms with Gasteiger partial charge in [-0.1, -0.05) is 18.2 Å². The van der Waals surface area contributed by atoms with Gasteiger partial charge in [0.25, 0.3) is 0 Å². The number of benzene rings is 2. The fourth-order valence-corrected chi connectivity index (χ4v) is 4.06. The second-order valence-corrected chi connectivity index (χ2v) is 10.1. The van der Waals surface area contributed by atoms with Gasteiger partial charge in [0.2, 0.25) is 0 Å². The molecule has 0 saturated heterocycles. The van der Waals surface area contributed by atoms with Crippen molar-refractivity contribution in [2.45, 2.75) is 57.9 Å². The lowest BCUT2D eigenvalue weighted by atomic mass is 10.1. The minimum atomic E-state index is -4.36. The van der Waals surface area contributed by atoms with Crippen LogP contribution < -0.4 is 4.74 Å². The Bertz CT molecular complexity index is 1190. The van der Waals surface area contributed by atoms with Crippen LogP contribution in [-0.2, 0) is 22.3 Å². The van der Waals surface area contributed by atoms with Gasteiger partial charge in [-0.05, 0) is 76.6 Å². The molecular formula is C27H28F3NO3S. The molecule has 35 heavy (non-hydrogen) atoms. The van der Waals surface area contributed by atoms with E-state index in [1.807, 2.05) is 58.9 Å². The summed E-state index contributed by atoms with van der Waals surface area (Å²) >= 11 is 1.42. The molecule has 0 spiro atoms. The second kappa shape index (κ2) is 10.7. The van der Waals surface area contributed by atoms with Crippen LogP contribution in [0.3, 0.4) is 0 Å². The van der Waals surface area contributed by atoms with Crippen molar-refractivity contribution < 1.29 is 27.4 Å². The molecule has 0 atom stereocenters. The zero-order valence-electron chi connectivity index (χ0n) is 20.3. The number of ether oxygens (including phenoxy) is 2. The van der Waals surface area contributed by atoms with Gasteiger partial charge < -0.3 is 9.47 Å². The van der Waals surface area contributed by atoms with Crippen LogP contribution in [0.2, 0.25) is 0 Å². The molecule has 0 bridgehead atoms. The third kappa shape index (κ3) is 7.75. The first kappa shape index (κ1) is 26.6. The van der Waals surface area contributed by atoms with E-state index in [4.69, 9.17) is 9.47 Å². The molecular weight excluding hydrogens is 475 g/mol. The van der Waals surface area contributed by atoms with Crippen LogP contribution in [0.1, 0.15) is 43.2 Å². The number of nitrogens with zero attached hydrogens (tertiary/aromatic N) is 1. The van der Waals surface area contributed by atoms with E-state index < -0.39 is 17.3 Å². The molecule has 3 aromatic rings. The van der Waals surface area contributed by atoms with Gasteiger partial charge in [0.1, 0.15) is 18.0 Å². The number of aromatic nitrogens is 1. The van der Waals surface area contributed by atoms with Crippen molar-refractivity contribution in [3.05, 3.63) is 77.0 Å². The molecule has 0 saturated carbocycles. The van der Waals surface area contributed by atoms with E-state index in [0.717, 1.165) is 33.8 Å². The van der Waals surface area contributed by atoms with Crippen LogP contribution in [-0.4, -0.2) is 22.3 Å². The number of rotatable bonds is 7. The largest absolute Gasteiger partial charge is 0.489 e. The Balaban J connectivity index is 1.60. The van der Waals surface area contributed by atoms with E-state index >= 15 is 0 Å². The van der Waals surface area contributed by atoms with E-state index in [1.165, 1.54) is 23.9 Å². The standard InChI is InChI=1S/C27H28F3NO3S/c1-17-14-22(11-13-24(17)35-16-25(32)34-26(3,4)5)33-15-20-8-12-23(31-18(20)2)19-6-9-21(10-7-19)27(28,29)30/h6-14H,15-16H2,1-5H3. The van der Waals surface area contributed by atoms with Crippen LogP contribution in [0.25, 0.3) is 11.3 Å². The number of halogens is 3. The fourth-order valence-electron chi connectivity index (χ4n) is 3.28. The number of carbonyl (C=O) groups excluding carboxylic acids is 1. The number of pyridine rings is 1. The first-order chi connectivity index (χ1) is 16.3. The Morgan fingerprint density at radius 1 is 0.971 bits per heavy atom. The summed E-state index contributed by atoms with van der Waals surface area (Å²) in [4.78, 5) is 17.5. The van der Waals surface area contributed by atoms with Gasteiger partial charge in [0.15, 0.2) is 0 Å². The summed E-state index contributed by atoms with van der Waals surface area (Å²) in [7, 11) is 0. The zero-order chi connectivity index (χ0) is 25.8. The molecule has 0 fully saturated rings. The molecule has 2 aromatic carbocycles. The first-order valence-corrected chi connectivity index (χ1v) is 12.0. The first-order valence-electron chi connectivity index (χ1n) is 11.0. The third-order valence-corrected chi connectivity index (χ3v) is 6.16. The van der Waals surface area contributed by atoms with Crippen molar-refractivity contribution in [3.8, 4) is 17.0 Å². The number of thioether (sulfide) groups is 1. The van der Waals surface area contributed by atoms with Crippen molar-refractivity contribution in [1.29, 1.82) is 0 Å². The van der Waals surface area contributed by atoms with Crippen molar-refractivity contribution in [3.63, 3.8) is 0 Å². The topological polar surface area (TPSA) is 48.4 Å². The van der Waals surface area contributed by atoms with Crippen molar-refractivity contribution in [1.82, 2.24) is 4.98 Å². The quantitative estimate of drug-likeness (QED) is 0.248. The summed E-state index contributed by atoms with van der Waals surface area (Å²) in [5, 5.41) is 0. The molecule has 0 aliphatic rings. The van der Waals surface area contributed by atoms with Crippen LogP contribution in [0.4, 0.5) is 13.2 Å². The molecule has 0 radical (unpaired) electrons. The Morgan fingerprint density at radius 3 is 2.23 bits per heavy atom. The van der Waals surface area contributed by atoms with Crippen LogP contribution in [0.15, 0.2) is 59.5 Å². The average molecular weight is 504 g/mol. The SMILES string of the molecule is Cc1cc(OCc2ccc(-c3ccc(C(F)(F)F)cc3)nc2C)ccc1SCC(=O)OC(C)(C)C. The summed E-state index contributed by atoms with van der Waals surface area (Å²) in [6, 6.07) is 14.3. The van der Waals surface area contributed by atoms with Crippen molar-refractivity contribution in [2.75, 3.05) is 5.75 Å². The van der Waals surface area contributed by atoms with Crippen molar-refractivity contribution in [2.24, 2.45) is 0 Å². The summed E-state index contributed by atoms with van der Waals surface area (Å²) in [6.07, 6.45) is -4.36. The highest BCUT2D eigenvalue weighted by atomic mass is 32.2. The Hall–Kier alpha value is -3.00. The number of hydrogen-bond donors (Lipinski definition) is 0. The van der Waals surface area contributed by atoms with Gasteiger partial charge in [-0.25, -0.2) is 0 Å². The molecule has 0 amide bonds. The lowest BCUT2D eigenvalue weighted by Gasteiger charge is -2.19. The molecule has 0 aliphatic heterocycles. The normalized spacial score (nSPS) is 11.9. The molecule has 4 nitrogen and oxygen atoms in total. The number of hydrogen-bond acceptors (Lipinski definition) is 5. The van der Waals surface area contributed by atoms with E-state index in [2.05, 4.69) is 4.98 Å². The zero-order valence-corrected chi connectivity index (χ0v) is 21.1. The molecule has 186 valence electrons. The van der Waals surface area contributed by atoms with E-state index in [-0.39, 0.29) is 11.7 Å². The molecule has 1 heterocycles. The third-order valence-electron chi connectivity index (χ3n) is 5.01. The summed E-state index contributed by atoms with van der Waals surface area (Å²) < 4.78 is 49.6. The smallest absolute Gasteiger partial charge is 0.416 e. The monoisotopic (exact) mass is 503 g/mol. The van der Waals surface area contributed by atoms with Gasteiger partial charge in [0.05, 0.1) is 17.0 Å².